The smallest absolute Gasteiger partial charge is 0.328 e. The first-order valence-corrected chi connectivity index (χ1v) is 3.02. The monoisotopic (exact) mass is 153 g/mol. The minimum absolute atomic E-state index is 0.613. The lowest BCUT2D eigenvalue weighted by atomic mass is 10.2. The summed E-state index contributed by atoms with van der Waals surface area (Å²) in [7, 11) is 0. The molecule has 1 aromatic rings. The molecular formula is C7H7NO3. The van der Waals surface area contributed by atoms with Crippen LogP contribution in [0.1, 0.15) is 11.3 Å². The lowest BCUT2D eigenvalue weighted by molar-refractivity contribution is -0.131. The molecule has 11 heavy (non-hydrogen) atoms. The van der Waals surface area contributed by atoms with Crippen molar-refractivity contribution in [3.8, 4) is 0 Å². The number of nitrogens with zero attached hydrogens (tertiary/aromatic N) is 1. The summed E-state index contributed by atoms with van der Waals surface area (Å²) in [5, 5.41) is 11.7. The van der Waals surface area contributed by atoms with Crippen molar-refractivity contribution >= 4 is 12.0 Å². The second-order valence-electron chi connectivity index (χ2n) is 2.01. The highest BCUT2D eigenvalue weighted by Crippen LogP contribution is 2.07. The zero-order valence-corrected chi connectivity index (χ0v) is 5.94. The molecule has 0 bridgehead atoms. The molecule has 0 unspecified atom stereocenters. The predicted octanol–water partition coefficient (Wildman–Crippen LogP) is 1.08. The van der Waals surface area contributed by atoms with Crippen LogP contribution in [0, 0.1) is 6.92 Å². The van der Waals surface area contributed by atoms with Crippen LogP contribution in [0.25, 0.3) is 6.08 Å². The number of carboxylic acid groups (broad SMARTS) is 1. The van der Waals surface area contributed by atoms with E-state index < -0.39 is 5.97 Å². The van der Waals surface area contributed by atoms with Crippen molar-refractivity contribution in [3.05, 3.63) is 23.6 Å². The topological polar surface area (TPSA) is 63.3 Å². The van der Waals surface area contributed by atoms with Gasteiger partial charge in [0.1, 0.15) is 5.76 Å². The molecule has 0 aliphatic heterocycles. The molecule has 0 aliphatic rings. The van der Waals surface area contributed by atoms with Crippen molar-refractivity contribution in [1.82, 2.24) is 5.16 Å². The summed E-state index contributed by atoms with van der Waals surface area (Å²) in [5.41, 5.74) is 0.687. The Bertz CT molecular complexity index is 288. The summed E-state index contributed by atoms with van der Waals surface area (Å²) in [6, 6.07) is 0. The van der Waals surface area contributed by atoms with Crippen LogP contribution in [-0.2, 0) is 4.79 Å². The van der Waals surface area contributed by atoms with E-state index in [0.29, 0.717) is 11.3 Å². The average molecular weight is 153 g/mol. The minimum Gasteiger partial charge on any atom is -0.478 e. The van der Waals surface area contributed by atoms with Crippen LogP contribution in [0.3, 0.4) is 0 Å². The molecule has 4 heteroatoms. The summed E-state index contributed by atoms with van der Waals surface area (Å²) in [6.45, 7) is 1.72. The quantitative estimate of drug-likeness (QED) is 0.645. The fraction of sp³-hybridized carbons (Fsp3) is 0.143. The number of hydrogen-bond donors (Lipinski definition) is 1. The number of hydrogen-bond acceptors (Lipinski definition) is 3. The molecule has 1 heterocycles. The second-order valence-corrected chi connectivity index (χ2v) is 2.01. The average Bonchev–Trinajstić information content (AvgIpc) is 2.31. The largest absolute Gasteiger partial charge is 0.478 e. The standard InChI is InChI=1S/C7H7NO3/c1-5-6(4-8-11-5)2-3-7(9)10/h2-4H,1H3,(H,9,10)/b3-2+. The molecule has 1 aromatic heterocycles. The van der Waals surface area contributed by atoms with Crippen molar-refractivity contribution < 1.29 is 14.4 Å². The Morgan fingerprint density at radius 1 is 1.82 bits per heavy atom. The molecule has 58 valence electrons. The highest BCUT2D eigenvalue weighted by atomic mass is 16.5. The molecule has 0 fully saturated rings. The van der Waals surface area contributed by atoms with Gasteiger partial charge in [-0.2, -0.15) is 0 Å². The van der Waals surface area contributed by atoms with Crippen molar-refractivity contribution in [3.63, 3.8) is 0 Å². The summed E-state index contributed by atoms with van der Waals surface area (Å²) < 4.78 is 4.70. The Hall–Kier alpha value is -1.58. The normalized spacial score (nSPS) is 10.6. The van der Waals surface area contributed by atoms with Gasteiger partial charge in [0.2, 0.25) is 0 Å². The minimum atomic E-state index is -0.981. The van der Waals surface area contributed by atoms with Crippen molar-refractivity contribution in [2.24, 2.45) is 0 Å². The SMILES string of the molecule is Cc1oncc1/C=C/C(=O)O. The molecule has 0 aliphatic carbocycles. The molecule has 0 saturated carbocycles. The van der Waals surface area contributed by atoms with E-state index in [1.54, 1.807) is 6.92 Å². The molecule has 1 N–H and O–H groups in total. The van der Waals surface area contributed by atoms with Gasteiger partial charge in [0.15, 0.2) is 0 Å². The van der Waals surface area contributed by atoms with Gasteiger partial charge in [-0.15, -0.1) is 0 Å². The first-order valence-electron chi connectivity index (χ1n) is 3.02. The lowest BCUT2D eigenvalue weighted by Crippen LogP contribution is -1.85. The van der Waals surface area contributed by atoms with Crippen LogP contribution in [0.2, 0.25) is 0 Å². The first kappa shape index (κ1) is 7.53. The van der Waals surface area contributed by atoms with E-state index in [1.807, 2.05) is 0 Å². The van der Waals surface area contributed by atoms with Gasteiger partial charge in [-0.3, -0.25) is 0 Å². The van der Waals surface area contributed by atoms with E-state index in [2.05, 4.69) is 5.16 Å². The summed E-state index contributed by atoms with van der Waals surface area (Å²) >= 11 is 0. The van der Waals surface area contributed by atoms with E-state index in [0.717, 1.165) is 6.08 Å². The van der Waals surface area contributed by atoms with Crippen molar-refractivity contribution in [1.29, 1.82) is 0 Å². The van der Waals surface area contributed by atoms with Crippen LogP contribution in [0.4, 0.5) is 0 Å². The van der Waals surface area contributed by atoms with E-state index >= 15 is 0 Å². The Kier molecular flexibility index (Phi) is 2.06. The highest BCUT2D eigenvalue weighted by molar-refractivity contribution is 5.85. The van der Waals surface area contributed by atoms with Gasteiger partial charge in [0.25, 0.3) is 0 Å². The van der Waals surface area contributed by atoms with E-state index in [1.165, 1.54) is 12.3 Å². The van der Waals surface area contributed by atoms with E-state index in [9.17, 15) is 4.79 Å². The summed E-state index contributed by atoms with van der Waals surface area (Å²) in [4.78, 5) is 10.1. The Labute approximate surface area is 63.1 Å². The Balaban J connectivity index is 2.79. The maximum absolute atomic E-state index is 10.1. The molecule has 0 atom stereocenters. The zero-order chi connectivity index (χ0) is 8.27. The third-order valence-corrected chi connectivity index (χ3v) is 1.19. The molecule has 0 saturated heterocycles. The third-order valence-electron chi connectivity index (χ3n) is 1.19. The molecule has 0 aromatic carbocycles. The first-order chi connectivity index (χ1) is 5.20. The van der Waals surface area contributed by atoms with Crippen molar-refractivity contribution in [2.75, 3.05) is 0 Å². The van der Waals surface area contributed by atoms with Crippen LogP contribution in [0.15, 0.2) is 16.8 Å². The number of aromatic nitrogens is 1. The third kappa shape index (κ3) is 1.93. The Morgan fingerprint density at radius 2 is 2.55 bits per heavy atom. The second kappa shape index (κ2) is 3.01. The number of aliphatic carboxylic acids is 1. The number of carbonyl (C=O) groups is 1. The molecule has 0 amide bonds. The van der Waals surface area contributed by atoms with Crippen LogP contribution in [-0.4, -0.2) is 16.2 Å². The zero-order valence-electron chi connectivity index (χ0n) is 5.94. The highest BCUT2D eigenvalue weighted by Gasteiger charge is 1.97. The fourth-order valence-electron chi connectivity index (χ4n) is 0.627. The molecular weight excluding hydrogens is 146 g/mol. The van der Waals surface area contributed by atoms with E-state index in [4.69, 9.17) is 9.63 Å². The number of rotatable bonds is 2. The van der Waals surface area contributed by atoms with E-state index in [-0.39, 0.29) is 0 Å². The van der Waals surface area contributed by atoms with Crippen LogP contribution >= 0.6 is 0 Å². The van der Waals surface area contributed by atoms with Crippen molar-refractivity contribution in [2.45, 2.75) is 6.92 Å². The number of carboxylic acids is 1. The van der Waals surface area contributed by atoms with Gasteiger partial charge < -0.3 is 9.63 Å². The maximum atomic E-state index is 10.1. The van der Waals surface area contributed by atoms with Crippen LogP contribution in [0.5, 0.6) is 0 Å². The maximum Gasteiger partial charge on any atom is 0.328 e. The fourth-order valence-corrected chi connectivity index (χ4v) is 0.627. The van der Waals surface area contributed by atoms with Gasteiger partial charge in [-0.05, 0) is 13.0 Å². The number of aryl methyl sites for hydroxylation is 1. The van der Waals surface area contributed by atoms with Gasteiger partial charge in [-0.25, -0.2) is 4.79 Å². The van der Waals surface area contributed by atoms with Crippen LogP contribution < -0.4 is 0 Å². The van der Waals surface area contributed by atoms with Gasteiger partial charge >= 0.3 is 5.97 Å². The Morgan fingerprint density at radius 3 is 3.00 bits per heavy atom. The molecule has 4 nitrogen and oxygen atoms in total. The molecule has 0 radical (unpaired) electrons. The van der Waals surface area contributed by atoms with Gasteiger partial charge in [0, 0.05) is 11.6 Å². The lowest BCUT2D eigenvalue weighted by Gasteiger charge is -1.82. The summed E-state index contributed by atoms with van der Waals surface area (Å²) in [5.74, 6) is -0.367. The molecule has 0 spiro atoms. The van der Waals surface area contributed by atoms with Gasteiger partial charge in [0.05, 0.1) is 6.20 Å². The predicted molar refractivity (Wildman–Crippen MR) is 37.9 cm³/mol. The van der Waals surface area contributed by atoms with Gasteiger partial charge in [-0.1, -0.05) is 5.16 Å². The summed E-state index contributed by atoms with van der Waals surface area (Å²) in [6.07, 6.45) is 3.95. The molecule has 1 rings (SSSR count).